The summed E-state index contributed by atoms with van der Waals surface area (Å²) in [5.41, 5.74) is 4.97. The van der Waals surface area contributed by atoms with Gasteiger partial charge in [-0.05, 0) is 62.3 Å². The summed E-state index contributed by atoms with van der Waals surface area (Å²) in [6.45, 7) is 1.10. The normalized spacial score (nSPS) is 36.7. The van der Waals surface area contributed by atoms with Crippen molar-refractivity contribution >= 4 is 29.4 Å². The van der Waals surface area contributed by atoms with Crippen LogP contribution in [0.15, 0.2) is 12.3 Å². The molecule has 4 saturated carbocycles. The van der Waals surface area contributed by atoms with Crippen molar-refractivity contribution in [3.8, 4) is 0 Å². The number of ether oxygens (including phenoxy) is 1. The number of carbonyl (C=O) groups excluding carboxylic acids is 2. The average molecular weight is 435 g/mol. The lowest BCUT2D eigenvalue weighted by molar-refractivity contribution is -0.177. The van der Waals surface area contributed by atoms with E-state index in [9.17, 15) is 14.7 Å². The van der Waals surface area contributed by atoms with Crippen LogP contribution in [0.3, 0.4) is 0 Å². The number of nitrogens with one attached hydrogen (secondary N) is 1. The molecule has 2 amide bonds. The molecule has 4 aliphatic carbocycles. The summed E-state index contributed by atoms with van der Waals surface area (Å²) in [4.78, 5) is 30.0. The molecule has 0 spiro atoms. The monoisotopic (exact) mass is 434 g/mol. The number of primary amides is 1. The first kappa shape index (κ1) is 19.9. The van der Waals surface area contributed by atoms with Crippen LogP contribution in [0.5, 0.6) is 0 Å². The minimum Gasteiger partial charge on any atom is -0.446 e. The number of likely N-dealkylation sites (tertiary alicyclic amines) is 1. The van der Waals surface area contributed by atoms with Crippen LogP contribution in [-0.2, 0) is 4.74 Å². The highest BCUT2D eigenvalue weighted by Gasteiger charge is 2.56. The van der Waals surface area contributed by atoms with Gasteiger partial charge in [0.2, 0.25) is 5.91 Å². The van der Waals surface area contributed by atoms with Gasteiger partial charge in [0.1, 0.15) is 11.9 Å². The Hall–Kier alpha value is -2.06. The number of aromatic nitrogens is 1. The molecule has 1 saturated heterocycles. The van der Waals surface area contributed by atoms with E-state index in [0.29, 0.717) is 29.8 Å². The number of amides is 2. The van der Waals surface area contributed by atoms with E-state index in [0.717, 1.165) is 38.5 Å². The predicted molar refractivity (Wildman–Crippen MR) is 110 cm³/mol. The number of aliphatic hydroxyl groups is 1. The molecule has 162 valence electrons. The Morgan fingerprint density at radius 2 is 2.03 bits per heavy atom. The Kier molecular flexibility index (Phi) is 4.82. The lowest BCUT2D eigenvalue weighted by atomic mass is 9.53. The highest BCUT2D eigenvalue weighted by molar-refractivity contribution is 6.33. The minimum absolute atomic E-state index is 0.00110. The summed E-state index contributed by atoms with van der Waals surface area (Å²) in [5.74, 6) is 1.04. The van der Waals surface area contributed by atoms with Gasteiger partial charge in [0.05, 0.1) is 16.2 Å². The lowest BCUT2D eigenvalue weighted by Crippen LogP contribution is -2.58. The second-order valence-electron chi connectivity index (χ2n) is 9.54. The molecule has 5 fully saturated rings. The smallest absolute Gasteiger partial charge is 0.410 e. The molecule has 2 heterocycles. The summed E-state index contributed by atoms with van der Waals surface area (Å²) < 4.78 is 5.98. The summed E-state index contributed by atoms with van der Waals surface area (Å²) in [7, 11) is 0. The van der Waals surface area contributed by atoms with Gasteiger partial charge in [-0.3, -0.25) is 4.79 Å². The Bertz CT molecular complexity index is 865. The van der Waals surface area contributed by atoms with E-state index in [1.54, 1.807) is 4.90 Å². The van der Waals surface area contributed by atoms with Crippen molar-refractivity contribution in [1.82, 2.24) is 9.88 Å². The van der Waals surface area contributed by atoms with Gasteiger partial charge in [0.15, 0.2) is 0 Å². The van der Waals surface area contributed by atoms with Gasteiger partial charge in [-0.25, -0.2) is 9.78 Å². The van der Waals surface area contributed by atoms with Crippen LogP contribution in [0.2, 0.25) is 5.02 Å². The van der Waals surface area contributed by atoms with E-state index in [1.807, 2.05) is 0 Å². The maximum atomic E-state index is 12.8. The Morgan fingerprint density at radius 1 is 1.30 bits per heavy atom. The second kappa shape index (κ2) is 7.27. The molecule has 4 bridgehead atoms. The molecule has 4 N–H and O–H groups in total. The van der Waals surface area contributed by atoms with Crippen molar-refractivity contribution in [2.75, 3.05) is 18.4 Å². The number of rotatable bonds is 4. The van der Waals surface area contributed by atoms with Crippen LogP contribution < -0.4 is 11.1 Å². The van der Waals surface area contributed by atoms with E-state index in [-0.39, 0.29) is 35.6 Å². The van der Waals surface area contributed by atoms with Crippen molar-refractivity contribution in [3.63, 3.8) is 0 Å². The third kappa shape index (κ3) is 3.60. The zero-order chi connectivity index (χ0) is 21.0. The first-order chi connectivity index (χ1) is 14.3. The molecule has 5 aliphatic rings. The van der Waals surface area contributed by atoms with Crippen molar-refractivity contribution in [2.24, 2.45) is 23.5 Å². The second-order valence-corrected chi connectivity index (χ2v) is 9.94. The van der Waals surface area contributed by atoms with Gasteiger partial charge in [0, 0.05) is 25.3 Å². The SMILES string of the molecule is NC(=O)c1cnc(NC2CCN(C(=O)OC3[C@@H]4CC5C[C@@H]3CC(O)(C5)C4)C2)c(Cl)c1. The van der Waals surface area contributed by atoms with Gasteiger partial charge >= 0.3 is 6.09 Å². The molecule has 1 aromatic heterocycles. The van der Waals surface area contributed by atoms with E-state index in [2.05, 4.69) is 10.3 Å². The van der Waals surface area contributed by atoms with E-state index in [1.165, 1.54) is 12.3 Å². The van der Waals surface area contributed by atoms with Crippen LogP contribution in [0.4, 0.5) is 10.6 Å². The molecule has 0 aromatic carbocycles. The number of halogens is 1. The fourth-order valence-electron chi connectivity index (χ4n) is 6.23. The zero-order valence-corrected chi connectivity index (χ0v) is 17.5. The van der Waals surface area contributed by atoms with Crippen molar-refractivity contribution in [1.29, 1.82) is 0 Å². The number of hydrogen-bond donors (Lipinski definition) is 3. The standard InChI is InChI=1S/C21H27ClN4O4/c22-16-5-14(18(23)27)9-24-19(16)25-15-1-2-26(10-15)20(28)30-17-12-3-11-4-13(17)8-21(29,6-11)7-12/h5,9,11-13,15,17,29H,1-4,6-8,10H2,(H2,23,27)(H,24,25)/t11?,12-,13-,15?,17?,21?/m1/s1. The molecule has 0 radical (unpaired) electrons. The molecular weight excluding hydrogens is 408 g/mol. The molecule has 1 unspecified atom stereocenters. The summed E-state index contributed by atoms with van der Waals surface area (Å²) in [6.07, 6.45) is 6.35. The largest absolute Gasteiger partial charge is 0.446 e. The maximum absolute atomic E-state index is 12.8. The van der Waals surface area contributed by atoms with Crippen molar-refractivity contribution in [2.45, 2.75) is 56.3 Å². The molecule has 6 rings (SSSR count). The molecule has 1 aliphatic heterocycles. The van der Waals surface area contributed by atoms with Crippen LogP contribution in [-0.4, -0.2) is 57.8 Å². The van der Waals surface area contributed by atoms with Crippen LogP contribution in [0.1, 0.15) is 48.9 Å². The number of nitrogens with zero attached hydrogens (tertiary/aromatic N) is 2. The van der Waals surface area contributed by atoms with Crippen molar-refractivity contribution in [3.05, 3.63) is 22.8 Å². The number of pyridine rings is 1. The highest BCUT2D eigenvalue weighted by Crippen LogP contribution is 2.56. The minimum atomic E-state index is -0.581. The van der Waals surface area contributed by atoms with Gasteiger partial charge < -0.3 is 25.8 Å². The zero-order valence-electron chi connectivity index (χ0n) is 16.7. The Balaban J connectivity index is 1.18. The summed E-state index contributed by atoms with van der Waals surface area (Å²) in [5, 5.41) is 14.3. The average Bonchev–Trinajstić information content (AvgIpc) is 3.13. The van der Waals surface area contributed by atoms with E-state index in [4.69, 9.17) is 22.1 Å². The number of nitrogens with two attached hydrogens (primary N) is 1. The first-order valence-electron chi connectivity index (χ1n) is 10.7. The third-order valence-corrected chi connectivity index (χ3v) is 7.59. The summed E-state index contributed by atoms with van der Waals surface area (Å²) in [6, 6.07) is 1.49. The van der Waals surface area contributed by atoms with Gasteiger partial charge in [0.25, 0.3) is 0 Å². The number of anilines is 1. The fourth-order valence-corrected chi connectivity index (χ4v) is 6.46. The van der Waals surface area contributed by atoms with Gasteiger partial charge in [-0.2, -0.15) is 0 Å². The van der Waals surface area contributed by atoms with E-state index < -0.39 is 11.5 Å². The molecule has 8 nitrogen and oxygen atoms in total. The molecule has 3 atom stereocenters. The molecule has 30 heavy (non-hydrogen) atoms. The predicted octanol–water partition coefficient (Wildman–Crippen LogP) is 2.40. The van der Waals surface area contributed by atoms with Crippen LogP contribution >= 0.6 is 11.6 Å². The number of hydrogen-bond acceptors (Lipinski definition) is 6. The van der Waals surface area contributed by atoms with Crippen LogP contribution in [0, 0.1) is 17.8 Å². The van der Waals surface area contributed by atoms with Gasteiger partial charge in [-0.15, -0.1) is 0 Å². The Morgan fingerprint density at radius 3 is 2.67 bits per heavy atom. The maximum Gasteiger partial charge on any atom is 0.410 e. The highest BCUT2D eigenvalue weighted by atomic mass is 35.5. The number of carbonyl (C=O) groups is 2. The molecule has 9 heteroatoms. The molecular formula is C21H27ClN4O4. The molecule has 1 aromatic rings. The first-order valence-corrected chi connectivity index (χ1v) is 11.1. The van der Waals surface area contributed by atoms with Gasteiger partial charge in [-0.1, -0.05) is 11.6 Å². The quantitative estimate of drug-likeness (QED) is 0.669. The van der Waals surface area contributed by atoms with Crippen molar-refractivity contribution < 1.29 is 19.4 Å². The lowest BCUT2D eigenvalue weighted by Gasteiger charge is -2.57. The van der Waals surface area contributed by atoms with E-state index >= 15 is 0 Å². The topological polar surface area (TPSA) is 118 Å². The summed E-state index contributed by atoms with van der Waals surface area (Å²) >= 11 is 6.20. The third-order valence-electron chi connectivity index (χ3n) is 7.30. The van der Waals surface area contributed by atoms with Crippen LogP contribution in [0.25, 0.3) is 0 Å². The Labute approximate surface area is 180 Å². The fraction of sp³-hybridized carbons (Fsp3) is 0.667.